The Hall–Kier alpha value is -4.40. The van der Waals surface area contributed by atoms with Crippen LogP contribution in [-0.4, -0.2) is 33.2 Å². The number of nitrogens with zero attached hydrogens (tertiary/aromatic N) is 3. The van der Waals surface area contributed by atoms with Gasteiger partial charge in [0, 0.05) is 36.0 Å². The molecule has 0 saturated heterocycles. The van der Waals surface area contributed by atoms with Gasteiger partial charge in [0.15, 0.2) is 5.82 Å². The third kappa shape index (κ3) is 5.20. The van der Waals surface area contributed by atoms with Crippen LogP contribution >= 0.6 is 0 Å². The number of hydrogen-bond donors (Lipinski definition) is 3. The lowest BCUT2D eigenvalue weighted by Gasteiger charge is -2.11. The maximum absolute atomic E-state index is 11.2. The predicted octanol–water partition coefficient (Wildman–Crippen LogP) is 4.68. The van der Waals surface area contributed by atoms with Crippen LogP contribution in [0.25, 0.3) is 11.3 Å². The summed E-state index contributed by atoms with van der Waals surface area (Å²) in [5.74, 6) is 2.31. The maximum Gasteiger partial charge on any atom is 0.324 e. The summed E-state index contributed by atoms with van der Waals surface area (Å²) in [6, 6.07) is 18.4. The molecular formula is C23H22N6O3. The first-order valence-corrected chi connectivity index (χ1v) is 9.86. The second-order valence-electron chi connectivity index (χ2n) is 7.02. The van der Waals surface area contributed by atoms with Gasteiger partial charge in [-0.25, -0.2) is 0 Å². The molecule has 0 atom stereocenters. The minimum atomic E-state index is -0.140. The van der Waals surface area contributed by atoms with Gasteiger partial charge >= 0.3 is 6.01 Å². The Bertz CT molecular complexity index is 1220. The number of carbonyl (C=O) groups excluding carboxylic acids is 1. The summed E-state index contributed by atoms with van der Waals surface area (Å²) in [7, 11) is 1.62. The number of hydrogen-bond acceptors (Lipinski definition) is 7. The van der Waals surface area contributed by atoms with Crippen molar-refractivity contribution < 1.29 is 14.3 Å². The number of methoxy groups -OCH3 is 1. The molecule has 1 amide bonds. The van der Waals surface area contributed by atoms with E-state index in [1.807, 2.05) is 43.3 Å². The van der Waals surface area contributed by atoms with Crippen molar-refractivity contribution in [1.82, 2.24) is 20.2 Å². The van der Waals surface area contributed by atoms with Crippen LogP contribution in [0.1, 0.15) is 12.6 Å². The minimum Gasteiger partial charge on any atom is -0.497 e. The highest BCUT2D eigenvalue weighted by molar-refractivity contribution is 5.88. The van der Waals surface area contributed by atoms with Gasteiger partial charge in [-0.1, -0.05) is 0 Å². The van der Waals surface area contributed by atoms with Crippen LogP contribution < -0.4 is 20.1 Å². The summed E-state index contributed by atoms with van der Waals surface area (Å²) in [5.41, 5.74) is 3.14. The van der Waals surface area contributed by atoms with Gasteiger partial charge in [-0.2, -0.15) is 15.1 Å². The van der Waals surface area contributed by atoms with E-state index < -0.39 is 0 Å². The number of nitrogens with one attached hydrogen (secondary N) is 3. The molecule has 4 rings (SSSR count). The van der Waals surface area contributed by atoms with E-state index >= 15 is 0 Å². The van der Waals surface area contributed by atoms with E-state index in [0.29, 0.717) is 28.8 Å². The van der Waals surface area contributed by atoms with Gasteiger partial charge in [0.25, 0.3) is 0 Å². The van der Waals surface area contributed by atoms with Crippen LogP contribution in [0.15, 0.2) is 60.7 Å². The van der Waals surface area contributed by atoms with Gasteiger partial charge in [0.2, 0.25) is 5.91 Å². The van der Waals surface area contributed by atoms with E-state index in [-0.39, 0.29) is 11.9 Å². The molecule has 0 bridgehead atoms. The van der Waals surface area contributed by atoms with Crippen molar-refractivity contribution >= 4 is 23.2 Å². The fourth-order valence-corrected chi connectivity index (χ4v) is 2.97. The lowest BCUT2D eigenvalue weighted by molar-refractivity contribution is -0.114. The Morgan fingerprint density at radius 3 is 2.28 bits per heavy atom. The first-order valence-electron chi connectivity index (χ1n) is 9.86. The molecule has 9 heteroatoms. The van der Waals surface area contributed by atoms with E-state index in [1.165, 1.54) is 6.92 Å². The number of benzene rings is 2. The van der Waals surface area contributed by atoms with Crippen LogP contribution in [0.3, 0.4) is 0 Å². The molecule has 0 spiro atoms. The number of H-pyrrole nitrogens is 1. The SMILES string of the molecule is COc1ccc(-c2cc(Nc3cc(C)[nH]n3)nc(Oc3ccc(NC(C)=O)cc3)n2)cc1. The summed E-state index contributed by atoms with van der Waals surface area (Å²) in [5, 5.41) is 13.0. The lowest BCUT2D eigenvalue weighted by Crippen LogP contribution is -2.05. The molecule has 2 aromatic heterocycles. The average Bonchev–Trinajstić information content (AvgIpc) is 3.19. The molecular weight excluding hydrogens is 408 g/mol. The highest BCUT2D eigenvalue weighted by Gasteiger charge is 2.11. The summed E-state index contributed by atoms with van der Waals surface area (Å²) in [4.78, 5) is 20.2. The van der Waals surface area contributed by atoms with Crippen LogP contribution in [0.2, 0.25) is 0 Å². The summed E-state index contributed by atoms with van der Waals surface area (Å²) >= 11 is 0. The van der Waals surface area contributed by atoms with E-state index in [9.17, 15) is 4.79 Å². The Morgan fingerprint density at radius 2 is 1.66 bits per heavy atom. The van der Waals surface area contributed by atoms with Gasteiger partial charge < -0.3 is 20.1 Å². The Balaban J connectivity index is 1.64. The monoisotopic (exact) mass is 430 g/mol. The van der Waals surface area contributed by atoms with Gasteiger partial charge in [0.1, 0.15) is 17.3 Å². The number of aromatic nitrogens is 4. The molecule has 162 valence electrons. The van der Waals surface area contributed by atoms with Gasteiger partial charge in [-0.05, 0) is 55.5 Å². The van der Waals surface area contributed by atoms with Crippen molar-refractivity contribution in [3.63, 3.8) is 0 Å². The van der Waals surface area contributed by atoms with Gasteiger partial charge in [0.05, 0.1) is 12.8 Å². The number of anilines is 3. The number of amides is 1. The molecule has 0 aliphatic heterocycles. The molecule has 4 aromatic rings. The van der Waals surface area contributed by atoms with Crippen molar-refractivity contribution in [3.8, 4) is 28.8 Å². The summed E-state index contributed by atoms with van der Waals surface area (Å²) < 4.78 is 11.1. The number of ether oxygens (including phenoxy) is 2. The van der Waals surface area contributed by atoms with Gasteiger partial charge in [-0.3, -0.25) is 9.89 Å². The second-order valence-corrected chi connectivity index (χ2v) is 7.02. The molecule has 2 aromatic carbocycles. The molecule has 32 heavy (non-hydrogen) atoms. The third-order valence-electron chi connectivity index (χ3n) is 4.44. The number of carbonyl (C=O) groups is 1. The smallest absolute Gasteiger partial charge is 0.324 e. The molecule has 0 aliphatic rings. The zero-order valence-electron chi connectivity index (χ0n) is 17.8. The Kier molecular flexibility index (Phi) is 5.98. The molecule has 3 N–H and O–H groups in total. The van der Waals surface area contributed by atoms with Crippen LogP contribution in [0.5, 0.6) is 17.5 Å². The molecule has 0 unspecified atom stereocenters. The van der Waals surface area contributed by atoms with Gasteiger partial charge in [-0.15, -0.1) is 0 Å². The van der Waals surface area contributed by atoms with E-state index in [4.69, 9.17) is 9.47 Å². The van der Waals surface area contributed by atoms with Crippen molar-refractivity contribution in [2.24, 2.45) is 0 Å². The first kappa shape index (κ1) is 20.9. The van der Waals surface area contributed by atoms with E-state index in [2.05, 4.69) is 30.8 Å². The normalized spacial score (nSPS) is 10.5. The molecule has 0 saturated carbocycles. The van der Waals surface area contributed by atoms with Crippen molar-refractivity contribution in [1.29, 1.82) is 0 Å². The fraction of sp³-hybridized carbons (Fsp3) is 0.130. The zero-order chi connectivity index (χ0) is 22.5. The van der Waals surface area contributed by atoms with E-state index in [0.717, 1.165) is 17.0 Å². The minimum absolute atomic E-state index is 0.140. The van der Waals surface area contributed by atoms with E-state index in [1.54, 1.807) is 31.4 Å². The molecule has 9 nitrogen and oxygen atoms in total. The van der Waals surface area contributed by atoms with Crippen molar-refractivity contribution in [2.75, 3.05) is 17.7 Å². The Morgan fingerprint density at radius 1 is 0.938 bits per heavy atom. The average molecular weight is 430 g/mol. The second kappa shape index (κ2) is 9.17. The molecule has 2 heterocycles. The maximum atomic E-state index is 11.2. The largest absolute Gasteiger partial charge is 0.497 e. The Labute approximate surface area is 184 Å². The highest BCUT2D eigenvalue weighted by Crippen LogP contribution is 2.28. The molecule has 0 aliphatic carbocycles. The predicted molar refractivity (Wildman–Crippen MR) is 121 cm³/mol. The standard InChI is InChI=1S/C23H22N6O3/c1-14-12-22(29-28-14)26-21-13-20(16-4-8-18(31-3)9-5-16)25-23(27-21)32-19-10-6-17(7-11-19)24-15(2)30/h4-13H,1-3H3,(H,24,30)(H2,25,26,27,28,29). The number of aromatic amines is 1. The fourth-order valence-electron chi connectivity index (χ4n) is 2.97. The topological polar surface area (TPSA) is 114 Å². The molecule has 0 fully saturated rings. The first-order chi connectivity index (χ1) is 15.5. The van der Waals surface area contributed by atoms with Crippen molar-refractivity contribution in [2.45, 2.75) is 13.8 Å². The summed E-state index contributed by atoms with van der Waals surface area (Å²) in [6.45, 7) is 3.37. The highest BCUT2D eigenvalue weighted by atomic mass is 16.5. The van der Waals surface area contributed by atoms with Crippen LogP contribution in [0.4, 0.5) is 17.3 Å². The number of rotatable bonds is 7. The lowest BCUT2D eigenvalue weighted by atomic mass is 10.1. The quantitative estimate of drug-likeness (QED) is 0.390. The van der Waals surface area contributed by atoms with Crippen LogP contribution in [-0.2, 0) is 4.79 Å². The zero-order valence-corrected chi connectivity index (χ0v) is 17.8. The number of aryl methyl sites for hydroxylation is 1. The third-order valence-corrected chi connectivity index (χ3v) is 4.44. The molecule has 0 radical (unpaired) electrons. The van der Waals surface area contributed by atoms with Crippen molar-refractivity contribution in [3.05, 3.63) is 66.4 Å². The summed E-state index contributed by atoms with van der Waals surface area (Å²) in [6.07, 6.45) is 0. The van der Waals surface area contributed by atoms with Crippen LogP contribution in [0, 0.1) is 6.92 Å².